The number of nitrogens with zero attached hydrogens (tertiary/aromatic N) is 4. The zero-order valence-corrected chi connectivity index (χ0v) is 18.3. The van der Waals surface area contributed by atoms with Crippen molar-refractivity contribution >= 4 is 29.1 Å². The molecule has 2 aromatic rings. The molecule has 1 aromatic heterocycles. The van der Waals surface area contributed by atoms with Crippen molar-refractivity contribution in [1.29, 1.82) is 0 Å². The maximum Gasteiger partial charge on any atom is 0.226 e. The molecular formula is C21H26Cl2N4O. The predicted molar refractivity (Wildman–Crippen MR) is 113 cm³/mol. The minimum absolute atomic E-state index is 0.0630. The minimum atomic E-state index is 0.0630. The highest BCUT2D eigenvalue weighted by molar-refractivity contribution is 6.42. The fraction of sp³-hybridized carbons (Fsp3) is 0.476. The summed E-state index contributed by atoms with van der Waals surface area (Å²) >= 11 is 12.5. The van der Waals surface area contributed by atoms with Crippen molar-refractivity contribution in [3.8, 4) is 0 Å². The summed E-state index contributed by atoms with van der Waals surface area (Å²) in [6, 6.07) is 5.76. The zero-order chi connectivity index (χ0) is 20.4. The number of carbonyl (C=O) groups is 1. The van der Waals surface area contributed by atoms with Crippen molar-refractivity contribution < 1.29 is 4.79 Å². The van der Waals surface area contributed by atoms with Crippen molar-refractivity contribution in [3.63, 3.8) is 0 Å². The monoisotopic (exact) mass is 420 g/mol. The van der Waals surface area contributed by atoms with Gasteiger partial charge in [0.25, 0.3) is 0 Å². The number of amides is 1. The molecule has 0 saturated carbocycles. The number of aromatic nitrogens is 2. The molecule has 0 spiro atoms. The van der Waals surface area contributed by atoms with Gasteiger partial charge in [-0.25, -0.2) is 9.97 Å². The van der Waals surface area contributed by atoms with Gasteiger partial charge in [0.05, 0.1) is 16.5 Å². The molecule has 0 bridgehead atoms. The lowest BCUT2D eigenvalue weighted by atomic mass is 10.0. The molecule has 2 heterocycles. The molecule has 150 valence electrons. The Labute approximate surface area is 176 Å². The first-order valence-electron chi connectivity index (χ1n) is 9.45. The lowest BCUT2D eigenvalue weighted by molar-refractivity contribution is -0.128. The first-order chi connectivity index (χ1) is 13.3. The molecular weight excluding hydrogens is 395 g/mol. The molecule has 7 heteroatoms. The summed E-state index contributed by atoms with van der Waals surface area (Å²) in [6.07, 6.45) is 1.35. The summed E-state index contributed by atoms with van der Waals surface area (Å²) in [5.41, 5.74) is 3.77. The fourth-order valence-electron chi connectivity index (χ4n) is 3.61. The van der Waals surface area contributed by atoms with Crippen LogP contribution in [-0.2, 0) is 17.8 Å². The summed E-state index contributed by atoms with van der Waals surface area (Å²) in [5, 5.41) is 1.22. The molecule has 1 fully saturated rings. The number of rotatable bonds is 5. The number of hydrogen-bond acceptors (Lipinski definition) is 4. The Morgan fingerprint density at radius 1 is 1.21 bits per heavy atom. The molecule has 0 aliphatic carbocycles. The Kier molecular flexibility index (Phi) is 6.58. The van der Waals surface area contributed by atoms with Gasteiger partial charge in [0, 0.05) is 50.1 Å². The zero-order valence-electron chi connectivity index (χ0n) is 16.8. The summed E-state index contributed by atoms with van der Waals surface area (Å²) in [6.45, 7) is 6.56. The van der Waals surface area contributed by atoms with Gasteiger partial charge in [-0.1, -0.05) is 35.3 Å². The lowest BCUT2D eigenvalue weighted by Crippen LogP contribution is -2.25. The summed E-state index contributed by atoms with van der Waals surface area (Å²) in [5.74, 6) is 1.22. The second-order valence-electron chi connectivity index (χ2n) is 7.63. The van der Waals surface area contributed by atoms with E-state index in [1.165, 1.54) is 0 Å². The first kappa shape index (κ1) is 21.0. The fourth-order valence-corrected chi connectivity index (χ4v) is 3.99. The van der Waals surface area contributed by atoms with E-state index in [9.17, 15) is 4.79 Å². The molecule has 0 N–H and O–H groups in total. The highest BCUT2D eigenvalue weighted by Gasteiger charge is 2.27. The van der Waals surface area contributed by atoms with E-state index in [-0.39, 0.29) is 11.8 Å². The number of benzene rings is 1. The van der Waals surface area contributed by atoms with Crippen molar-refractivity contribution in [2.45, 2.75) is 39.2 Å². The van der Waals surface area contributed by atoms with Gasteiger partial charge in [0.2, 0.25) is 5.91 Å². The Bertz CT molecular complexity index is 862. The van der Waals surface area contributed by atoms with Crippen LogP contribution in [0.4, 0.5) is 0 Å². The van der Waals surface area contributed by atoms with Crippen LogP contribution in [0.15, 0.2) is 18.2 Å². The van der Waals surface area contributed by atoms with Crippen molar-refractivity contribution in [3.05, 3.63) is 56.6 Å². The van der Waals surface area contributed by atoms with Crippen LogP contribution in [0.2, 0.25) is 10.0 Å². The van der Waals surface area contributed by atoms with E-state index in [1.54, 1.807) is 19.0 Å². The van der Waals surface area contributed by atoms with E-state index in [2.05, 4.69) is 4.90 Å². The molecule has 1 aliphatic rings. The molecule has 1 atom stereocenters. The van der Waals surface area contributed by atoms with E-state index in [0.717, 1.165) is 54.4 Å². The second-order valence-corrected chi connectivity index (χ2v) is 8.41. The highest BCUT2D eigenvalue weighted by atomic mass is 35.5. The second kappa shape index (κ2) is 8.76. The van der Waals surface area contributed by atoms with Crippen LogP contribution in [0.3, 0.4) is 0 Å². The van der Waals surface area contributed by atoms with Gasteiger partial charge >= 0.3 is 0 Å². The Hall–Kier alpha value is -1.69. The van der Waals surface area contributed by atoms with Crippen molar-refractivity contribution in [2.24, 2.45) is 0 Å². The van der Waals surface area contributed by atoms with Crippen molar-refractivity contribution in [2.75, 3.05) is 27.2 Å². The average molecular weight is 421 g/mol. The normalized spacial score (nSPS) is 17.1. The molecule has 5 nitrogen and oxygen atoms in total. The number of hydrogen-bond donors (Lipinski definition) is 0. The Balaban J connectivity index is 1.71. The minimum Gasteiger partial charge on any atom is -0.349 e. The molecule has 0 radical (unpaired) electrons. The number of carbonyl (C=O) groups excluding carboxylic acids is 1. The van der Waals surface area contributed by atoms with Crippen LogP contribution in [-0.4, -0.2) is 52.9 Å². The van der Waals surface area contributed by atoms with Crippen LogP contribution in [0, 0.1) is 13.8 Å². The van der Waals surface area contributed by atoms with E-state index < -0.39 is 0 Å². The SMILES string of the molecule is Cc1nc([C@@H]2CCN(Cc3cccc(Cl)c3Cl)C2)nc(C)c1CC(=O)N(C)C. The molecule has 3 rings (SSSR count). The topological polar surface area (TPSA) is 49.3 Å². The van der Waals surface area contributed by atoms with E-state index in [0.29, 0.717) is 16.5 Å². The van der Waals surface area contributed by atoms with Crippen LogP contribution in [0.5, 0.6) is 0 Å². The summed E-state index contributed by atoms with van der Waals surface area (Å²) in [7, 11) is 3.53. The standard InChI is InChI=1S/C21H26Cl2N4O/c1-13-17(10-19(28)26(3)4)14(2)25-21(24-13)16-8-9-27(12-16)11-15-6-5-7-18(22)20(15)23/h5-7,16H,8-12H2,1-4H3/t16-/m1/s1. The quantitative estimate of drug-likeness (QED) is 0.732. The third-order valence-corrected chi connectivity index (χ3v) is 6.19. The van der Waals surface area contributed by atoms with Crippen LogP contribution in [0.25, 0.3) is 0 Å². The maximum atomic E-state index is 12.1. The molecule has 1 aliphatic heterocycles. The molecule has 28 heavy (non-hydrogen) atoms. The van der Waals surface area contributed by atoms with Crippen molar-refractivity contribution in [1.82, 2.24) is 19.8 Å². The van der Waals surface area contributed by atoms with E-state index in [4.69, 9.17) is 33.2 Å². The van der Waals surface area contributed by atoms with E-state index in [1.807, 2.05) is 32.0 Å². The van der Waals surface area contributed by atoms with E-state index >= 15 is 0 Å². The predicted octanol–water partition coefficient (Wildman–Crippen LogP) is 4.02. The summed E-state index contributed by atoms with van der Waals surface area (Å²) < 4.78 is 0. The van der Waals surface area contributed by atoms with Gasteiger partial charge in [0.1, 0.15) is 5.82 Å². The van der Waals surface area contributed by atoms with Crippen LogP contribution >= 0.6 is 23.2 Å². The third-order valence-electron chi connectivity index (χ3n) is 5.33. The molecule has 0 unspecified atom stereocenters. The van der Waals surface area contributed by atoms with Gasteiger partial charge in [-0.3, -0.25) is 9.69 Å². The third kappa shape index (κ3) is 4.65. The van der Waals surface area contributed by atoms with Gasteiger partial charge in [-0.05, 0) is 38.4 Å². The number of halogens is 2. The number of likely N-dealkylation sites (N-methyl/N-ethyl adjacent to an activating group) is 1. The van der Waals surface area contributed by atoms with Gasteiger partial charge in [0.15, 0.2) is 0 Å². The molecule has 1 saturated heterocycles. The maximum absolute atomic E-state index is 12.1. The Morgan fingerprint density at radius 3 is 2.54 bits per heavy atom. The smallest absolute Gasteiger partial charge is 0.226 e. The highest BCUT2D eigenvalue weighted by Crippen LogP contribution is 2.31. The van der Waals surface area contributed by atoms with Gasteiger partial charge in [-0.2, -0.15) is 0 Å². The summed E-state index contributed by atoms with van der Waals surface area (Å²) in [4.78, 5) is 25.5. The number of aryl methyl sites for hydroxylation is 2. The van der Waals surface area contributed by atoms with Crippen LogP contribution in [0.1, 0.15) is 40.7 Å². The first-order valence-corrected chi connectivity index (χ1v) is 10.2. The molecule has 1 amide bonds. The van der Waals surface area contributed by atoms with Gasteiger partial charge < -0.3 is 4.90 Å². The molecule has 1 aromatic carbocycles. The largest absolute Gasteiger partial charge is 0.349 e. The number of likely N-dealkylation sites (tertiary alicyclic amines) is 1. The lowest BCUT2D eigenvalue weighted by Gasteiger charge is -2.18. The Morgan fingerprint density at radius 2 is 1.89 bits per heavy atom. The van der Waals surface area contributed by atoms with Crippen LogP contribution < -0.4 is 0 Å². The van der Waals surface area contributed by atoms with Gasteiger partial charge in [-0.15, -0.1) is 0 Å². The average Bonchev–Trinajstić information content (AvgIpc) is 3.10.